The monoisotopic (exact) mass is 262 g/mol. The van der Waals surface area contributed by atoms with Crippen LogP contribution in [0.3, 0.4) is 0 Å². The molecule has 0 bridgehead atoms. The maximum atomic E-state index is 5.43. The van der Waals surface area contributed by atoms with E-state index < -0.39 is 0 Å². The molecule has 0 aliphatic heterocycles. The van der Waals surface area contributed by atoms with E-state index in [2.05, 4.69) is 29.4 Å². The Morgan fingerprint density at radius 2 is 2.11 bits per heavy atom. The van der Waals surface area contributed by atoms with Crippen molar-refractivity contribution >= 4 is 11.3 Å². The SMILES string of the molecule is CCOc1ccc(C(C)NCc2cncs2)cc1. The lowest BCUT2D eigenvalue weighted by atomic mass is 10.1. The summed E-state index contributed by atoms with van der Waals surface area (Å²) >= 11 is 1.68. The Bertz CT molecular complexity index is 453. The Hall–Kier alpha value is -1.39. The van der Waals surface area contributed by atoms with E-state index in [9.17, 15) is 0 Å². The molecule has 1 atom stereocenters. The van der Waals surface area contributed by atoms with Crippen molar-refractivity contribution in [1.82, 2.24) is 10.3 Å². The van der Waals surface area contributed by atoms with Crippen LogP contribution in [0.4, 0.5) is 0 Å². The van der Waals surface area contributed by atoms with Gasteiger partial charge in [-0.3, -0.25) is 4.98 Å². The summed E-state index contributed by atoms with van der Waals surface area (Å²) in [4.78, 5) is 5.32. The van der Waals surface area contributed by atoms with Crippen LogP contribution in [0.25, 0.3) is 0 Å². The molecule has 2 aromatic rings. The fraction of sp³-hybridized carbons (Fsp3) is 0.357. The summed E-state index contributed by atoms with van der Waals surface area (Å²) < 4.78 is 5.43. The summed E-state index contributed by atoms with van der Waals surface area (Å²) in [5.41, 5.74) is 3.13. The van der Waals surface area contributed by atoms with Gasteiger partial charge in [0.1, 0.15) is 5.75 Å². The van der Waals surface area contributed by atoms with Gasteiger partial charge in [0.25, 0.3) is 0 Å². The number of rotatable bonds is 6. The van der Waals surface area contributed by atoms with Gasteiger partial charge in [0.05, 0.1) is 12.1 Å². The van der Waals surface area contributed by atoms with Gasteiger partial charge in [-0.25, -0.2) is 0 Å². The van der Waals surface area contributed by atoms with Gasteiger partial charge < -0.3 is 10.1 Å². The van der Waals surface area contributed by atoms with Crippen LogP contribution in [0.5, 0.6) is 5.75 Å². The number of benzene rings is 1. The van der Waals surface area contributed by atoms with Crippen molar-refractivity contribution in [3.8, 4) is 5.75 Å². The standard InChI is InChI=1S/C14H18N2OS/c1-3-17-13-6-4-12(5-7-13)11(2)16-9-14-8-15-10-18-14/h4-8,10-11,16H,3,9H2,1-2H3. The minimum absolute atomic E-state index is 0.322. The number of nitrogens with zero attached hydrogens (tertiary/aromatic N) is 1. The smallest absolute Gasteiger partial charge is 0.119 e. The molecule has 4 heteroatoms. The fourth-order valence-corrected chi connectivity index (χ4v) is 2.27. The zero-order chi connectivity index (χ0) is 12.8. The van der Waals surface area contributed by atoms with Crippen LogP contribution < -0.4 is 10.1 Å². The zero-order valence-corrected chi connectivity index (χ0v) is 11.5. The number of thiazole rings is 1. The Balaban J connectivity index is 1.89. The molecule has 1 N–H and O–H groups in total. The molecule has 0 saturated heterocycles. The first kappa shape index (κ1) is 13.1. The van der Waals surface area contributed by atoms with Crippen LogP contribution in [-0.4, -0.2) is 11.6 Å². The maximum Gasteiger partial charge on any atom is 0.119 e. The Morgan fingerprint density at radius 3 is 2.72 bits per heavy atom. The molecule has 0 saturated carbocycles. The molecule has 2 rings (SSSR count). The highest BCUT2D eigenvalue weighted by atomic mass is 32.1. The average Bonchev–Trinajstić information content (AvgIpc) is 2.90. The molecule has 0 aliphatic carbocycles. The van der Waals surface area contributed by atoms with E-state index in [1.165, 1.54) is 10.4 Å². The summed E-state index contributed by atoms with van der Waals surface area (Å²) in [6.45, 7) is 5.72. The number of ether oxygens (including phenoxy) is 1. The number of aromatic nitrogens is 1. The third-order valence-electron chi connectivity index (χ3n) is 2.76. The van der Waals surface area contributed by atoms with Crippen LogP contribution in [0.15, 0.2) is 36.0 Å². The highest BCUT2D eigenvalue weighted by Crippen LogP contribution is 2.18. The molecule has 0 spiro atoms. The Labute approximate surface area is 112 Å². The molecule has 18 heavy (non-hydrogen) atoms. The van der Waals surface area contributed by atoms with Crippen molar-refractivity contribution in [3.05, 3.63) is 46.4 Å². The topological polar surface area (TPSA) is 34.1 Å². The predicted molar refractivity (Wildman–Crippen MR) is 75.0 cm³/mol. The number of nitrogens with one attached hydrogen (secondary N) is 1. The summed E-state index contributed by atoms with van der Waals surface area (Å²) in [5.74, 6) is 0.927. The van der Waals surface area contributed by atoms with Crippen LogP contribution in [0.1, 0.15) is 30.3 Å². The summed E-state index contributed by atoms with van der Waals surface area (Å²) in [6.07, 6.45) is 1.91. The van der Waals surface area contributed by atoms with Gasteiger partial charge in [-0.1, -0.05) is 12.1 Å². The van der Waals surface area contributed by atoms with E-state index in [-0.39, 0.29) is 0 Å². The van der Waals surface area contributed by atoms with Crippen LogP contribution in [0.2, 0.25) is 0 Å². The van der Waals surface area contributed by atoms with Gasteiger partial charge in [-0.05, 0) is 31.5 Å². The van der Waals surface area contributed by atoms with Gasteiger partial charge in [0.15, 0.2) is 0 Å². The number of hydrogen-bond donors (Lipinski definition) is 1. The molecule has 0 radical (unpaired) electrons. The minimum Gasteiger partial charge on any atom is -0.494 e. The van der Waals surface area contributed by atoms with Gasteiger partial charge in [0.2, 0.25) is 0 Å². The van der Waals surface area contributed by atoms with Crippen molar-refractivity contribution in [2.45, 2.75) is 26.4 Å². The lowest BCUT2D eigenvalue weighted by molar-refractivity contribution is 0.340. The number of hydrogen-bond acceptors (Lipinski definition) is 4. The molecule has 0 fully saturated rings. The van der Waals surface area contributed by atoms with Crippen molar-refractivity contribution in [3.63, 3.8) is 0 Å². The molecule has 1 aromatic heterocycles. The Kier molecular flexibility index (Phi) is 4.73. The van der Waals surface area contributed by atoms with Gasteiger partial charge in [-0.15, -0.1) is 11.3 Å². The molecular weight excluding hydrogens is 244 g/mol. The van der Waals surface area contributed by atoms with E-state index in [1.54, 1.807) is 11.3 Å². The minimum atomic E-state index is 0.322. The molecule has 1 aromatic carbocycles. The second-order valence-corrected chi connectivity index (χ2v) is 5.04. The third kappa shape index (κ3) is 3.55. The maximum absolute atomic E-state index is 5.43. The van der Waals surface area contributed by atoms with Crippen molar-refractivity contribution in [1.29, 1.82) is 0 Å². The van der Waals surface area contributed by atoms with Crippen molar-refractivity contribution in [2.75, 3.05) is 6.61 Å². The van der Waals surface area contributed by atoms with E-state index in [0.717, 1.165) is 12.3 Å². The highest BCUT2D eigenvalue weighted by molar-refractivity contribution is 7.09. The summed E-state index contributed by atoms with van der Waals surface area (Å²) in [6, 6.07) is 8.57. The lowest BCUT2D eigenvalue weighted by Gasteiger charge is -2.14. The molecular formula is C14H18N2OS. The first-order chi connectivity index (χ1) is 8.79. The van der Waals surface area contributed by atoms with E-state index in [0.29, 0.717) is 12.6 Å². The van der Waals surface area contributed by atoms with Crippen molar-refractivity contribution < 1.29 is 4.74 Å². The Morgan fingerprint density at radius 1 is 1.33 bits per heavy atom. The van der Waals surface area contributed by atoms with Crippen molar-refractivity contribution in [2.24, 2.45) is 0 Å². The molecule has 1 heterocycles. The van der Waals surface area contributed by atoms with Crippen LogP contribution in [-0.2, 0) is 6.54 Å². The van der Waals surface area contributed by atoms with Crippen LogP contribution in [0, 0.1) is 0 Å². The molecule has 3 nitrogen and oxygen atoms in total. The summed E-state index contributed by atoms with van der Waals surface area (Å²) in [7, 11) is 0. The van der Waals surface area contributed by atoms with Gasteiger partial charge in [0, 0.05) is 23.7 Å². The first-order valence-electron chi connectivity index (χ1n) is 6.13. The largest absolute Gasteiger partial charge is 0.494 e. The third-order valence-corrected chi connectivity index (χ3v) is 3.54. The van der Waals surface area contributed by atoms with Gasteiger partial charge >= 0.3 is 0 Å². The quantitative estimate of drug-likeness (QED) is 0.866. The first-order valence-corrected chi connectivity index (χ1v) is 7.01. The lowest BCUT2D eigenvalue weighted by Crippen LogP contribution is -2.17. The highest BCUT2D eigenvalue weighted by Gasteiger charge is 2.05. The van der Waals surface area contributed by atoms with E-state index in [4.69, 9.17) is 4.74 Å². The molecule has 0 amide bonds. The molecule has 1 unspecified atom stereocenters. The van der Waals surface area contributed by atoms with E-state index in [1.807, 2.05) is 30.8 Å². The summed E-state index contributed by atoms with van der Waals surface area (Å²) in [5, 5.41) is 3.48. The molecule has 96 valence electrons. The zero-order valence-electron chi connectivity index (χ0n) is 10.7. The van der Waals surface area contributed by atoms with E-state index >= 15 is 0 Å². The fourth-order valence-electron chi connectivity index (χ4n) is 1.72. The predicted octanol–water partition coefficient (Wildman–Crippen LogP) is 3.39. The average molecular weight is 262 g/mol. The molecule has 0 aliphatic rings. The normalized spacial score (nSPS) is 12.3. The second-order valence-electron chi connectivity index (χ2n) is 4.07. The van der Waals surface area contributed by atoms with Gasteiger partial charge in [-0.2, -0.15) is 0 Å². The van der Waals surface area contributed by atoms with Crippen LogP contribution >= 0.6 is 11.3 Å². The second kappa shape index (κ2) is 6.52.